The van der Waals surface area contributed by atoms with Crippen molar-refractivity contribution in [1.82, 2.24) is 10.2 Å². The lowest BCUT2D eigenvalue weighted by molar-refractivity contribution is 0.144. The van der Waals surface area contributed by atoms with E-state index in [0.29, 0.717) is 0 Å². The third kappa shape index (κ3) is 5.03. The lowest BCUT2D eigenvalue weighted by Gasteiger charge is -2.23. The molecule has 0 bridgehead atoms. The highest BCUT2D eigenvalue weighted by atomic mass is 16.3. The van der Waals surface area contributed by atoms with Gasteiger partial charge in [0.2, 0.25) is 0 Å². The Bertz CT molecular complexity index is 445. The van der Waals surface area contributed by atoms with Crippen LogP contribution in [0.4, 0.5) is 0 Å². The van der Waals surface area contributed by atoms with E-state index in [1.165, 1.54) is 44.1 Å². The van der Waals surface area contributed by atoms with E-state index >= 15 is 0 Å². The maximum Gasteiger partial charge on any atom is 0.0802 e. The van der Waals surface area contributed by atoms with E-state index in [4.69, 9.17) is 0 Å². The van der Waals surface area contributed by atoms with Gasteiger partial charge >= 0.3 is 0 Å². The van der Waals surface area contributed by atoms with E-state index in [9.17, 15) is 5.11 Å². The van der Waals surface area contributed by atoms with Crippen LogP contribution >= 0.6 is 0 Å². The van der Waals surface area contributed by atoms with Gasteiger partial charge in [0.25, 0.3) is 0 Å². The Balaban J connectivity index is 1.49. The first-order valence-corrected chi connectivity index (χ1v) is 9.54. The molecule has 1 aliphatic heterocycles. The summed E-state index contributed by atoms with van der Waals surface area (Å²) in [5, 5.41) is 13.9. The Kier molecular flexibility index (Phi) is 6.49. The van der Waals surface area contributed by atoms with Crippen LogP contribution in [0.3, 0.4) is 0 Å². The molecule has 0 radical (unpaired) electrons. The summed E-state index contributed by atoms with van der Waals surface area (Å²) >= 11 is 0. The van der Waals surface area contributed by atoms with Crippen LogP contribution in [0.15, 0.2) is 24.3 Å². The summed E-state index contributed by atoms with van der Waals surface area (Å²) in [6.45, 7) is 5.45. The lowest BCUT2D eigenvalue weighted by atomic mass is 9.84. The summed E-state index contributed by atoms with van der Waals surface area (Å²) in [7, 11) is 0. The zero-order valence-electron chi connectivity index (χ0n) is 14.3. The maximum absolute atomic E-state index is 10.5. The number of nitrogens with zero attached hydrogens (tertiary/aromatic N) is 1. The summed E-state index contributed by atoms with van der Waals surface area (Å²) in [6, 6.07) is 8.81. The van der Waals surface area contributed by atoms with Crippen LogP contribution < -0.4 is 5.32 Å². The minimum absolute atomic E-state index is 0.327. The topological polar surface area (TPSA) is 35.5 Å². The van der Waals surface area contributed by atoms with E-state index < -0.39 is 0 Å². The van der Waals surface area contributed by atoms with E-state index in [1.807, 2.05) is 0 Å². The third-order valence-electron chi connectivity index (χ3n) is 5.55. The minimum Gasteiger partial charge on any atom is -0.388 e. The molecule has 3 rings (SSSR count). The second-order valence-electron chi connectivity index (χ2n) is 7.25. The van der Waals surface area contributed by atoms with Crippen molar-refractivity contribution in [2.24, 2.45) is 0 Å². The fourth-order valence-electron chi connectivity index (χ4n) is 4.02. The number of nitrogens with one attached hydrogen (secondary N) is 1. The van der Waals surface area contributed by atoms with Gasteiger partial charge in [-0.2, -0.15) is 0 Å². The second kappa shape index (κ2) is 8.81. The molecule has 1 aromatic rings. The normalized spacial score (nSPS) is 22.7. The zero-order chi connectivity index (χ0) is 15.9. The largest absolute Gasteiger partial charge is 0.388 e. The summed E-state index contributed by atoms with van der Waals surface area (Å²) in [5.74, 6) is 0.750. The van der Waals surface area contributed by atoms with Gasteiger partial charge in [-0.25, -0.2) is 0 Å². The van der Waals surface area contributed by atoms with E-state index in [-0.39, 0.29) is 6.10 Å². The van der Waals surface area contributed by atoms with Gasteiger partial charge < -0.3 is 15.3 Å². The van der Waals surface area contributed by atoms with Crippen LogP contribution in [0.1, 0.15) is 68.1 Å². The predicted molar refractivity (Wildman–Crippen MR) is 95.8 cm³/mol. The molecule has 0 spiro atoms. The van der Waals surface area contributed by atoms with Gasteiger partial charge in [-0.3, -0.25) is 0 Å². The van der Waals surface area contributed by atoms with Crippen molar-refractivity contribution < 1.29 is 5.11 Å². The fraction of sp³-hybridized carbons (Fsp3) is 0.700. The Labute approximate surface area is 141 Å². The van der Waals surface area contributed by atoms with Crippen LogP contribution in [0.25, 0.3) is 0 Å². The summed E-state index contributed by atoms with van der Waals surface area (Å²) in [5.41, 5.74) is 2.55. The van der Waals surface area contributed by atoms with Crippen molar-refractivity contribution >= 4 is 0 Å². The summed E-state index contributed by atoms with van der Waals surface area (Å²) in [4.78, 5) is 2.47. The first-order valence-electron chi connectivity index (χ1n) is 9.54. The number of hydrogen-bond acceptors (Lipinski definition) is 3. The molecule has 2 fully saturated rings. The Hall–Kier alpha value is -0.900. The number of aliphatic hydroxyl groups is 1. The molecule has 0 amide bonds. The van der Waals surface area contributed by atoms with Crippen molar-refractivity contribution in [3.63, 3.8) is 0 Å². The van der Waals surface area contributed by atoms with Crippen molar-refractivity contribution in [1.29, 1.82) is 0 Å². The molecule has 1 aromatic carbocycles. The molecule has 1 atom stereocenters. The summed E-state index contributed by atoms with van der Waals surface area (Å²) < 4.78 is 0. The SMILES string of the molecule is OC(CCN1CCCNCC1)c1ccc(C2CCCCC2)cc1. The Morgan fingerprint density at radius 3 is 2.57 bits per heavy atom. The highest BCUT2D eigenvalue weighted by molar-refractivity contribution is 5.27. The smallest absolute Gasteiger partial charge is 0.0802 e. The monoisotopic (exact) mass is 316 g/mol. The van der Waals surface area contributed by atoms with Gasteiger partial charge in [-0.15, -0.1) is 0 Å². The standard InChI is InChI=1S/C20H32N2O/c23-20(11-15-22-14-4-12-21-13-16-22)19-9-7-18(8-10-19)17-5-2-1-3-6-17/h7-10,17,20-21,23H,1-6,11-16H2. The van der Waals surface area contributed by atoms with Crippen LogP contribution in [0.2, 0.25) is 0 Å². The molecule has 0 aromatic heterocycles. The average molecular weight is 316 g/mol. The molecular weight excluding hydrogens is 284 g/mol. The molecule has 1 saturated carbocycles. The molecule has 1 saturated heterocycles. The number of aliphatic hydroxyl groups excluding tert-OH is 1. The van der Waals surface area contributed by atoms with E-state index in [2.05, 4.69) is 34.5 Å². The van der Waals surface area contributed by atoms with Gasteiger partial charge in [-0.1, -0.05) is 43.5 Å². The van der Waals surface area contributed by atoms with Gasteiger partial charge in [0.05, 0.1) is 6.10 Å². The molecule has 1 heterocycles. The summed E-state index contributed by atoms with van der Waals surface area (Å²) in [6.07, 6.45) is 8.55. The van der Waals surface area contributed by atoms with Gasteiger partial charge in [0, 0.05) is 19.6 Å². The van der Waals surface area contributed by atoms with Crippen LogP contribution in [-0.2, 0) is 0 Å². The Morgan fingerprint density at radius 2 is 1.78 bits per heavy atom. The number of rotatable bonds is 5. The molecule has 2 N–H and O–H groups in total. The first-order chi connectivity index (χ1) is 11.3. The molecule has 1 aliphatic carbocycles. The van der Waals surface area contributed by atoms with E-state index in [0.717, 1.165) is 50.6 Å². The highest BCUT2D eigenvalue weighted by Crippen LogP contribution is 2.33. The predicted octanol–water partition coefficient (Wildman–Crippen LogP) is 3.45. The average Bonchev–Trinajstić information content (AvgIpc) is 2.89. The van der Waals surface area contributed by atoms with Gasteiger partial charge in [-0.05, 0) is 55.8 Å². The number of hydrogen-bond donors (Lipinski definition) is 2. The fourth-order valence-corrected chi connectivity index (χ4v) is 4.02. The minimum atomic E-state index is -0.327. The van der Waals surface area contributed by atoms with Gasteiger partial charge in [0.1, 0.15) is 0 Å². The molecule has 3 nitrogen and oxygen atoms in total. The first kappa shape index (κ1) is 16.9. The van der Waals surface area contributed by atoms with Crippen molar-refractivity contribution in [3.8, 4) is 0 Å². The lowest BCUT2D eigenvalue weighted by Crippen LogP contribution is -2.29. The molecule has 3 heteroatoms. The molecule has 128 valence electrons. The molecule has 23 heavy (non-hydrogen) atoms. The molecule has 1 unspecified atom stereocenters. The van der Waals surface area contributed by atoms with Crippen LogP contribution in [0.5, 0.6) is 0 Å². The zero-order valence-corrected chi connectivity index (χ0v) is 14.3. The maximum atomic E-state index is 10.5. The molecule has 2 aliphatic rings. The van der Waals surface area contributed by atoms with Gasteiger partial charge in [0.15, 0.2) is 0 Å². The molecular formula is C20H32N2O. The third-order valence-corrected chi connectivity index (χ3v) is 5.55. The van der Waals surface area contributed by atoms with Crippen LogP contribution in [0, 0.1) is 0 Å². The van der Waals surface area contributed by atoms with E-state index in [1.54, 1.807) is 0 Å². The van der Waals surface area contributed by atoms with Crippen LogP contribution in [-0.4, -0.2) is 42.7 Å². The van der Waals surface area contributed by atoms with Crippen molar-refractivity contribution in [2.45, 2.75) is 57.0 Å². The Morgan fingerprint density at radius 1 is 1.00 bits per heavy atom. The van der Waals surface area contributed by atoms with Crippen molar-refractivity contribution in [3.05, 3.63) is 35.4 Å². The second-order valence-corrected chi connectivity index (χ2v) is 7.25. The quantitative estimate of drug-likeness (QED) is 0.873. The van der Waals surface area contributed by atoms with Crippen molar-refractivity contribution in [2.75, 3.05) is 32.7 Å². The number of benzene rings is 1. The highest BCUT2D eigenvalue weighted by Gasteiger charge is 2.16.